The van der Waals surface area contributed by atoms with E-state index in [1.54, 1.807) is 31.4 Å². The van der Waals surface area contributed by atoms with Crippen molar-refractivity contribution in [1.29, 1.82) is 0 Å². The molecule has 1 atom stereocenters. The lowest BCUT2D eigenvalue weighted by atomic mass is 9.83. The molecule has 2 aromatic carbocycles. The van der Waals surface area contributed by atoms with Crippen LogP contribution in [-0.4, -0.2) is 13.0 Å². The average molecular weight is 253 g/mol. The van der Waals surface area contributed by atoms with Gasteiger partial charge in [0, 0.05) is 5.56 Å². The minimum atomic E-state index is -0.0397. The van der Waals surface area contributed by atoms with Crippen molar-refractivity contribution < 1.29 is 9.53 Å². The average Bonchev–Trinajstić information content (AvgIpc) is 2.44. The Labute approximate surface area is 112 Å². The highest BCUT2D eigenvalue weighted by atomic mass is 16.5. The molecule has 3 nitrogen and oxygen atoms in total. The van der Waals surface area contributed by atoms with Gasteiger partial charge in [0.2, 0.25) is 0 Å². The van der Waals surface area contributed by atoms with Crippen LogP contribution in [-0.2, 0) is 6.42 Å². The highest BCUT2D eigenvalue weighted by molar-refractivity contribution is 5.94. The number of hydrogen-bond acceptors (Lipinski definition) is 2. The predicted molar refractivity (Wildman–Crippen MR) is 73.3 cm³/mol. The van der Waals surface area contributed by atoms with Crippen LogP contribution in [0.4, 0.5) is 0 Å². The van der Waals surface area contributed by atoms with Gasteiger partial charge in [0.25, 0.3) is 5.91 Å². The molecule has 3 heteroatoms. The summed E-state index contributed by atoms with van der Waals surface area (Å²) in [4.78, 5) is 12.1. The molecule has 0 radical (unpaired) electrons. The van der Waals surface area contributed by atoms with E-state index in [-0.39, 0.29) is 11.9 Å². The van der Waals surface area contributed by atoms with E-state index in [1.165, 1.54) is 11.1 Å². The normalized spacial score (nSPS) is 16.2. The Hall–Kier alpha value is -2.29. The molecule has 1 aliphatic rings. The Bertz CT molecular complexity index is 604. The van der Waals surface area contributed by atoms with Crippen molar-refractivity contribution in [3.8, 4) is 5.75 Å². The van der Waals surface area contributed by atoms with Crippen LogP contribution >= 0.6 is 0 Å². The third-order valence-corrected chi connectivity index (χ3v) is 3.51. The smallest absolute Gasteiger partial charge is 0.251 e. The number of benzene rings is 2. The van der Waals surface area contributed by atoms with E-state index in [2.05, 4.69) is 17.4 Å². The van der Waals surface area contributed by atoms with Crippen molar-refractivity contribution >= 4 is 5.91 Å². The zero-order valence-corrected chi connectivity index (χ0v) is 10.7. The second kappa shape index (κ2) is 4.76. The molecule has 0 spiro atoms. The van der Waals surface area contributed by atoms with Crippen molar-refractivity contribution in [2.75, 3.05) is 7.11 Å². The molecule has 0 bridgehead atoms. The molecule has 96 valence electrons. The second-order valence-corrected chi connectivity index (χ2v) is 4.66. The number of rotatable bonds is 3. The van der Waals surface area contributed by atoms with Crippen molar-refractivity contribution in [3.63, 3.8) is 0 Å². The van der Waals surface area contributed by atoms with E-state index in [1.807, 2.05) is 12.1 Å². The van der Waals surface area contributed by atoms with Gasteiger partial charge < -0.3 is 10.1 Å². The number of methoxy groups -OCH3 is 1. The highest BCUT2D eigenvalue weighted by Crippen LogP contribution is 2.32. The van der Waals surface area contributed by atoms with Crippen molar-refractivity contribution in [3.05, 3.63) is 65.2 Å². The molecule has 19 heavy (non-hydrogen) atoms. The van der Waals surface area contributed by atoms with Crippen molar-refractivity contribution in [1.82, 2.24) is 5.32 Å². The summed E-state index contributed by atoms with van der Waals surface area (Å²) in [7, 11) is 1.61. The number of nitrogens with one attached hydrogen (secondary N) is 1. The zero-order chi connectivity index (χ0) is 13.2. The van der Waals surface area contributed by atoms with Crippen LogP contribution in [0.5, 0.6) is 5.75 Å². The second-order valence-electron chi connectivity index (χ2n) is 4.66. The monoisotopic (exact) mass is 253 g/mol. The summed E-state index contributed by atoms with van der Waals surface area (Å²) < 4.78 is 5.08. The number of carbonyl (C=O) groups is 1. The van der Waals surface area contributed by atoms with Crippen LogP contribution < -0.4 is 10.1 Å². The van der Waals surface area contributed by atoms with E-state index in [4.69, 9.17) is 4.74 Å². The molecule has 0 saturated heterocycles. The summed E-state index contributed by atoms with van der Waals surface area (Å²) in [6.45, 7) is 0. The number of fused-ring (bicyclic) bond motifs is 1. The van der Waals surface area contributed by atoms with Gasteiger partial charge in [-0.05, 0) is 41.8 Å². The lowest BCUT2D eigenvalue weighted by molar-refractivity contribution is 0.0932. The number of carbonyl (C=O) groups excluding carboxylic acids is 1. The molecular formula is C16H15NO2. The predicted octanol–water partition coefficient (Wildman–Crippen LogP) is 2.72. The Morgan fingerprint density at radius 2 is 1.89 bits per heavy atom. The fourth-order valence-corrected chi connectivity index (χ4v) is 2.37. The van der Waals surface area contributed by atoms with Gasteiger partial charge in [0.15, 0.2) is 0 Å². The summed E-state index contributed by atoms with van der Waals surface area (Å²) in [5.74, 6) is 0.715. The maximum absolute atomic E-state index is 12.1. The van der Waals surface area contributed by atoms with Crippen molar-refractivity contribution in [2.24, 2.45) is 0 Å². The van der Waals surface area contributed by atoms with Gasteiger partial charge in [-0.15, -0.1) is 0 Å². The van der Waals surface area contributed by atoms with E-state index in [9.17, 15) is 4.79 Å². The Morgan fingerprint density at radius 1 is 1.16 bits per heavy atom. The van der Waals surface area contributed by atoms with E-state index >= 15 is 0 Å². The van der Waals surface area contributed by atoms with Gasteiger partial charge in [-0.3, -0.25) is 4.79 Å². The topological polar surface area (TPSA) is 38.3 Å². The molecule has 0 heterocycles. The summed E-state index contributed by atoms with van der Waals surface area (Å²) in [6, 6.07) is 15.5. The zero-order valence-electron chi connectivity index (χ0n) is 10.7. The van der Waals surface area contributed by atoms with Gasteiger partial charge >= 0.3 is 0 Å². The first-order valence-electron chi connectivity index (χ1n) is 6.30. The van der Waals surface area contributed by atoms with Gasteiger partial charge in [0.1, 0.15) is 5.75 Å². The van der Waals surface area contributed by atoms with Crippen LogP contribution in [0.1, 0.15) is 27.5 Å². The Balaban J connectivity index is 1.69. The van der Waals surface area contributed by atoms with Crippen LogP contribution in [0.15, 0.2) is 48.5 Å². The lowest BCUT2D eigenvalue weighted by Crippen LogP contribution is -2.35. The van der Waals surface area contributed by atoms with E-state index in [0.29, 0.717) is 5.56 Å². The van der Waals surface area contributed by atoms with E-state index in [0.717, 1.165) is 12.2 Å². The third-order valence-electron chi connectivity index (χ3n) is 3.51. The van der Waals surface area contributed by atoms with Gasteiger partial charge in [-0.2, -0.15) is 0 Å². The first kappa shape index (κ1) is 11.8. The Kier molecular flexibility index (Phi) is 2.95. The standard InChI is InChI=1S/C16H15NO2/c1-19-13-8-6-11(7-9-13)16(18)17-15-10-12-4-2-3-5-14(12)15/h2-9,15H,10H2,1H3,(H,17,18). The fraction of sp³-hybridized carbons (Fsp3) is 0.188. The molecule has 1 N–H and O–H groups in total. The molecule has 2 aromatic rings. The summed E-state index contributed by atoms with van der Waals surface area (Å²) >= 11 is 0. The summed E-state index contributed by atoms with van der Waals surface area (Å²) in [6.07, 6.45) is 0.915. The van der Waals surface area contributed by atoms with Crippen LogP contribution in [0, 0.1) is 0 Å². The highest BCUT2D eigenvalue weighted by Gasteiger charge is 2.26. The lowest BCUT2D eigenvalue weighted by Gasteiger charge is -2.30. The molecule has 1 amide bonds. The van der Waals surface area contributed by atoms with E-state index < -0.39 is 0 Å². The molecule has 1 aliphatic carbocycles. The number of hydrogen-bond donors (Lipinski definition) is 1. The summed E-state index contributed by atoms with van der Waals surface area (Å²) in [5.41, 5.74) is 3.21. The largest absolute Gasteiger partial charge is 0.497 e. The third kappa shape index (κ3) is 2.19. The van der Waals surface area contributed by atoms with Gasteiger partial charge in [-0.1, -0.05) is 24.3 Å². The van der Waals surface area contributed by atoms with Crippen LogP contribution in [0.2, 0.25) is 0 Å². The maximum atomic E-state index is 12.1. The molecule has 0 fully saturated rings. The molecule has 1 unspecified atom stereocenters. The molecule has 3 rings (SSSR count). The minimum Gasteiger partial charge on any atom is -0.497 e. The Morgan fingerprint density at radius 3 is 2.58 bits per heavy atom. The SMILES string of the molecule is COc1ccc(C(=O)NC2Cc3ccccc32)cc1. The maximum Gasteiger partial charge on any atom is 0.251 e. The molecule has 0 aromatic heterocycles. The molecule has 0 saturated carbocycles. The van der Waals surface area contributed by atoms with Gasteiger partial charge in [-0.25, -0.2) is 0 Å². The molecular weight excluding hydrogens is 238 g/mol. The number of amides is 1. The first-order chi connectivity index (χ1) is 9.28. The van der Waals surface area contributed by atoms with Crippen LogP contribution in [0.25, 0.3) is 0 Å². The van der Waals surface area contributed by atoms with Crippen LogP contribution in [0.3, 0.4) is 0 Å². The summed E-state index contributed by atoms with van der Waals surface area (Å²) in [5, 5.41) is 3.05. The fourth-order valence-electron chi connectivity index (χ4n) is 2.37. The molecule has 0 aliphatic heterocycles. The number of ether oxygens (including phenoxy) is 1. The van der Waals surface area contributed by atoms with Gasteiger partial charge in [0.05, 0.1) is 13.2 Å². The van der Waals surface area contributed by atoms with Crippen molar-refractivity contribution in [2.45, 2.75) is 12.5 Å². The first-order valence-corrected chi connectivity index (χ1v) is 6.30. The minimum absolute atomic E-state index is 0.0397. The quantitative estimate of drug-likeness (QED) is 0.913.